The fourth-order valence-electron chi connectivity index (χ4n) is 10.4. The molecular formula is C44H39BrClN5O6S. The van der Waals surface area contributed by atoms with Crippen molar-refractivity contribution < 1.29 is 29.0 Å². The number of aromatic hydroxyl groups is 1. The molecule has 14 heteroatoms. The van der Waals surface area contributed by atoms with Crippen molar-refractivity contribution in [1.29, 1.82) is 0 Å². The molecule has 1 saturated carbocycles. The zero-order valence-corrected chi connectivity index (χ0v) is 35.1. The van der Waals surface area contributed by atoms with E-state index in [4.69, 9.17) is 21.4 Å². The van der Waals surface area contributed by atoms with Gasteiger partial charge in [-0.05, 0) is 104 Å². The summed E-state index contributed by atoms with van der Waals surface area (Å²) in [6.07, 6.45) is 2.49. The van der Waals surface area contributed by atoms with Crippen LogP contribution in [0.15, 0.2) is 82.9 Å². The Bertz CT molecular complexity index is 2630. The van der Waals surface area contributed by atoms with E-state index < -0.39 is 46.8 Å². The Morgan fingerprint density at radius 2 is 1.66 bits per heavy atom. The lowest BCUT2D eigenvalue weighted by Crippen LogP contribution is -2.49. The molecule has 3 aliphatic heterocycles. The number of amides is 4. The van der Waals surface area contributed by atoms with E-state index in [0.29, 0.717) is 51.9 Å². The van der Waals surface area contributed by atoms with Crippen molar-refractivity contribution in [1.82, 2.24) is 9.78 Å². The van der Waals surface area contributed by atoms with Gasteiger partial charge in [-0.25, -0.2) is 4.90 Å². The summed E-state index contributed by atoms with van der Waals surface area (Å²) < 4.78 is 8.81. The second kappa shape index (κ2) is 13.6. The van der Waals surface area contributed by atoms with Crippen LogP contribution in [-0.4, -0.2) is 64.8 Å². The normalized spacial score (nSPS) is 27.0. The summed E-state index contributed by atoms with van der Waals surface area (Å²) in [5.74, 6) is -4.57. The molecular weight excluding hydrogens is 842 g/mol. The summed E-state index contributed by atoms with van der Waals surface area (Å²) in [7, 11) is 1.72. The molecule has 4 fully saturated rings. The number of morpholine rings is 1. The van der Waals surface area contributed by atoms with Crippen molar-refractivity contribution in [2.24, 2.45) is 36.1 Å². The van der Waals surface area contributed by atoms with Gasteiger partial charge in [0, 0.05) is 57.6 Å². The van der Waals surface area contributed by atoms with Gasteiger partial charge >= 0.3 is 0 Å². The van der Waals surface area contributed by atoms with E-state index in [-0.39, 0.29) is 24.0 Å². The van der Waals surface area contributed by atoms with Crippen LogP contribution in [0.4, 0.5) is 17.2 Å². The van der Waals surface area contributed by atoms with Gasteiger partial charge < -0.3 is 14.7 Å². The van der Waals surface area contributed by atoms with Gasteiger partial charge in [0.05, 0.1) is 46.9 Å². The van der Waals surface area contributed by atoms with Crippen LogP contribution < -0.4 is 14.7 Å². The predicted octanol–water partition coefficient (Wildman–Crippen LogP) is 8.00. The maximum Gasteiger partial charge on any atom is 0.242 e. The summed E-state index contributed by atoms with van der Waals surface area (Å²) in [4.78, 5) is 64.7. The van der Waals surface area contributed by atoms with Crippen molar-refractivity contribution in [3.8, 4) is 16.3 Å². The van der Waals surface area contributed by atoms with Crippen LogP contribution in [0, 0.1) is 36.0 Å². The molecule has 5 aromatic rings. The average molecular weight is 881 g/mol. The van der Waals surface area contributed by atoms with Crippen LogP contribution in [0.1, 0.15) is 36.8 Å². The first-order valence-electron chi connectivity index (χ1n) is 19.5. The second-order valence-corrected chi connectivity index (χ2v) is 18.6. The predicted molar refractivity (Wildman–Crippen MR) is 226 cm³/mol. The molecule has 296 valence electrons. The van der Waals surface area contributed by atoms with E-state index in [1.54, 1.807) is 47.3 Å². The zero-order valence-electron chi connectivity index (χ0n) is 31.9. The van der Waals surface area contributed by atoms with E-state index in [9.17, 15) is 19.5 Å². The van der Waals surface area contributed by atoms with Crippen molar-refractivity contribution in [2.75, 3.05) is 41.0 Å². The number of carbonyl (C=O) groups is 4. The number of phenols is 1. The standard InChI is InChI=1S/C44H39BrClN5O6S/c1-22-29-19-24(46)5-13-35(29)58-39(22)33-21-36(48(3)47-33)51-41(54)32-20-30-27(38(44(32,2)43(51)56)31-18-23(45)4-12-34(31)52)10-11-28-37(30)42(55)50(40(28)53)26-8-6-25(7-9-26)49-14-16-57-17-15-49/h4-10,12-13,18-19,21,28,30,32,37-38,52H,11,14-17,20H2,1-3H3/t28-,30+,32-,37-,38+,44+/m0/s1. The van der Waals surface area contributed by atoms with E-state index in [0.717, 1.165) is 44.9 Å². The number of fused-ring (bicyclic) bond motifs is 5. The molecule has 0 unspecified atom stereocenters. The molecule has 58 heavy (non-hydrogen) atoms. The number of rotatable bonds is 5. The van der Waals surface area contributed by atoms with Gasteiger partial charge in [0.1, 0.15) is 17.3 Å². The molecule has 10 rings (SSSR count). The minimum atomic E-state index is -1.33. The number of benzene rings is 3. The Balaban J connectivity index is 1.04. The van der Waals surface area contributed by atoms with Crippen molar-refractivity contribution >= 4 is 89.8 Å². The highest BCUT2D eigenvalue weighted by Crippen LogP contribution is 2.64. The number of imide groups is 2. The Kier molecular flexibility index (Phi) is 8.79. The van der Waals surface area contributed by atoms with E-state index in [1.807, 2.05) is 62.4 Å². The largest absolute Gasteiger partial charge is 0.508 e. The molecule has 5 aliphatic rings. The lowest BCUT2D eigenvalue weighted by molar-refractivity contribution is -0.131. The quantitative estimate of drug-likeness (QED) is 0.139. The molecule has 0 spiro atoms. The van der Waals surface area contributed by atoms with Gasteiger partial charge in [0.15, 0.2) is 0 Å². The molecule has 1 N–H and O–H groups in total. The SMILES string of the molecule is Cc1c(-c2cc(N3C(=O)[C@@H]4C[C@@H]5C(=CC[C@@H]6C(=O)N(c7ccc(N8CCOCC8)cc7)C(=O)[C@@H]65)[C@H](c5cc(Br)ccc5O)[C@]4(C)C3=O)n(C)n2)sc2ccc(Cl)cc12. The number of allylic oxidation sites excluding steroid dienone is 2. The number of halogens is 2. The molecule has 3 saturated heterocycles. The van der Waals surface area contributed by atoms with E-state index in [1.165, 1.54) is 9.80 Å². The number of carbonyl (C=O) groups excluding carboxylic acids is 4. The molecule has 6 atom stereocenters. The summed E-state index contributed by atoms with van der Waals surface area (Å²) in [5.41, 5.74) is 3.08. The highest BCUT2D eigenvalue weighted by molar-refractivity contribution is 9.10. The average Bonchev–Trinajstić information content (AvgIpc) is 3.89. The molecule has 2 aliphatic carbocycles. The van der Waals surface area contributed by atoms with Crippen LogP contribution in [-0.2, 0) is 31.0 Å². The first-order chi connectivity index (χ1) is 27.9. The van der Waals surface area contributed by atoms with Gasteiger partial charge in [-0.1, -0.05) is 39.2 Å². The van der Waals surface area contributed by atoms with Gasteiger partial charge in [-0.2, -0.15) is 5.10 Å². The number of hydrogen-bond acceptors (Lipinski definition) is 9. The van der Waals surface area contributed by atoms with Crippen LogP contribution in [0.25, 0.3) is 20.7 Å². The molecule has 2 aromatic heterocycles. The molecule has 3 aromatic carbocycles. The Hall–Kier alpha value is -4.82. The molecule has 4 amide bonds. The molecule has 5 heterocycles. The summed E-state index contributed by atoms with van der Waals surface area (Å²) >= 11 is 11.5. The van der Waals surface area contributed by atoms with Gasteiger partial charge in [-0.3, -0.25) is 28.8 Å². The first kappa shape index (κ1) is 37.5. The third-order valence-electron chi connectivity index (χ3n) is 13.3. The molecule has 0 radical (unpaired) electrons. The van der Waals surface area contributed by atoms with E-state index >= 15 is 4.79 Å². The minimum Gasteiger partial charge on any atom is -0.508 e. The summed E-state index contributed by atoms with van der Waals surface area (Å²) in [6, 6.07) is 20.1. The van der Waals surface area contributed by atoms with Crippen molar-refractivity contribution in [3.05, 3.63) is 99.0 Å². The Morgan fingerprint density at radius 3 is 2.41 bits per heavy atom. The highest BCUT2D eigenvalue weighted by Gasteiger charge is 2.68. The van der Waals surface area contributed by atoms with Gasteiger partial charge in [0.2, 0.25) is 23.6 Å². The number of phenolic OH excluding ortho intramolecular Hbond substituents is 1. The molecule has 11 nitrogen and oxygen atoms in total. The molecule has 0 bridgehead atoms. The number of hydrogen-bond donors (Lipinski definition) is 1. The van der Waals surface area contributed by atoms with Crippen LogP contribution in [0.2, 0.25) is 5.02 Å². The van der Waals surface area contributed by atoms with Crippen LogP contribution in [0.3, 0.4) is 0 Å². The van der Waals surface area contributed by atoms with Gasteiger partial charge in [0.25, 0.3) is 0 Å². The lowest BCUT2D eigenvalue weighted by Gasteiger charge is -2.49. The fourth-order valence-corrected chi connectivity index (χ4v) is 12.1. The maximum atomic E-state index is 15.2. The smallest absolute Gasteiger partial charge is 0.242 e. The number of thiophene rings is 1. The van der Waals surface area contributed by atoms with Crippen molar-refractivity contribution in [2.45, 2.75) is 32.6 Å². The second-order valence-electron chi connectivity index (χ2n) is 16.2. The summed E-state index contributed by atoms with van der Waals surface area (Å²) in [6.45, 7) is 6.62. The Morgan fingerprint density at radius 1 is 0.914 bits per heavy atom. The number of anilines is 3. The van der Waals surface area contributed by atoms with E-state index in [2.05, 4.69) is 20.8 Å². The monoisotopic (exact) mass is 879 g/mol. The van der Waals surface area contributed by atoms with Crippen LogP contribution >= 0.6 is 38.9 Å². The number of ether oxygens (including phenoxy) is 1. The maximum absolute atomic E-state index is 15.2. The number of aryl methyl sites for hydroxylation is 2. The summed E-state index contributed by atoms with van der Waals surface area (Å²) in [5, 5.41) is 18.0. The highest BCUT2D eigenvalue weighted by atomic mass is 79.9. The minimum absolute atomic E-state index is 0.0190. The number of aromatic nitrogens is 2. The van der Waals surface area contributed by atoms with Crippen LogP contribution in [0.5, 0.6) is 5.75 Å². The third kappa shape index (κ3) is 5.42. The third-order valence-corrected chi connectivity index (χ3v) is 15.3. The van der Waals surface area contributed by atoms with Crippen molar-refractivity contribution in [3.63, 3.8) is 0 Å². The first-order valence-corrected chi connectivity index (χ1v) is 21.5. The Labute approximate surface area is 351 Å². The zero-order chi connectivity index (χ0) is 40.4. The number of nitrogens with zero attached hydrogens (tertiary/aromatic N) is 5. The topological polar surface area (TPSA) is 125 Å². The fraction of sp³-hybridized carbons (Fsp3) is 0.341. The van der Waals surface area contributed by atoms with Gasteiger partial charge in [-0.15, -0.1) is 11.3 Å². The lowest BCUT2D eigenvalue weighted by atomic mass is 9.51.